The van der Waals surface area contributed by atoms with Gasteiger partial charge in [0.1, 0.15) is 11.5 Å². The lowest BCUT2D eigenvalue weighted by atomic mass is 10.1. The molecule has 1 aromatic carbocycles. The Labute approximate surface area is 108 Å². The van der Waals surface area contributed by atoms with E-state index in [1.54, 1.807) is 6.20 Å². The van der Waals surface area contributed by atoms with Crippen molar-refractivity contribution < 1.29 is 4.74 Å². The first-order valence-corrected chi connectivity index (χ1v) is 6.08. The number of aromatic nitrogens is 1. The Morgan fingerprint density at radius 3 is 2.72 bits per heavy atom. The molecule has 1 aromatic heterocycles. The molecule has 94 valence electrons. The van der Waals surface area contributed by atoms with Crippen molar-refractivity contribution in [1.29, 1.82) is 0 Å². The van der Waals surface area contributed by atoms with E-state index < -0.39 is 0 Å². The van der Waals surface area contributed by atoms with E-state index >= 15 is 0 Å². The van der Waals surface area contributed by atoms with Gasteiger partial charge in [0, 0.05) is 6.20 Å². The Hall–Kier alpha value is -1.87. The Morgan fingerprint density at radius 1 is 1.17 bits per heavy atom. The molecule has 0 fully saturated rings. The molecule has 0 saturated heterocycles. The first-order chi connectivity index (χ1) is 8.69. The summed E-state index contributed by atoms with van der Waals surface area (Å²) in [6.07, 6.45) is 4.36. The SMILES string of the molecule is Cc1ccc(Oc2cncc(CCN)c2)c(C)c1. The number of aryl methyl sites for hydroxylation is 2. The van der Waals surface area contributed by atoms with Gasteiger partial charge in [0.15, 0.2) is 0 Å². The van der Waals surface area contributed by atoms with Crippen LogP contribution in [-0.4, -0.2) is 11.5 Å². The third kappa shape index (κ3) is 3.08. The fourth-order valence-electron chi connectivity index (χ4n) is 1.86. The smallest absolute Gasteiger partial charge is 0.145 e. The lowest BCUT2D eigenvalue weighted by molar-refractivity contribution is 0.475. The van der Waals surface area contributed by atoms with Gasteiger partial charge in [-0.3, -0.25) is 4.98 Å². The predicted molar refractivity (Wildman–Crippen MR) is 73.0 cm³/mol. The zero-order chi connectivity index (χ0) is 13.0. The van der Waals surface area contributed by atoms with Crippen molar-refractivity contribution in [3.8, 4) is 11.5 Å². The molecule has 0 radical (unpaired) electrons. The van der Waals surface area contributed by atoms with Gasteiger partial charge in [0.05, 0.1) is 6.20 Å². The molecule has 2 aromatic rings. The molecule has 18 heavy (non-hydrogen) atoms. The summed E-state index contributed by atoms with van der Waals surface area (Å²) in [6.45, 7) is 4.73. The van der Waals surface area contributed by atoms with Crippen LogP contribution in [0.4, 0.5) is 0 Å². The first kappa shape index (κ1) is 12.6. The van der Waals surface area contributed by atoms with Gasteiger partial charge in [-0.2, -0.15) is 0 Å². The van der Waals surface area contributed by atoms with Gasteiger partial charge in [-0.25, -0.2) is 0 Å². The van der Waals surface area contributed by atoms with E-state index in [0.717, 1.165) is 29.0 Å². The summed E-state index contributed by atoms with van der Waals surface area (Å²) in [6, 6.07) is 8.12. The standard InChI is InChI=1S/C15H18N2O/c1-11-3-4-15(12(2)7-11)18-14-8-13(5-6-16)9-17-10-14/h3-4,7-10H,5-6,16H2,1-2H3. The Balaban J connectivity index is 2.20. The largest absolute Gasteiger partial charge is 0.455 e. The highest BCUT2D eigenvalue weighted by atomic mass is 16.5. The summed E-state index contributed by atoms with van der Waals surface area (Å²) < 4.78 is 5.85. The van der Waals surface area contributed by atoms with E-state index in [-0.39, 0.29) is 0 Å². The predicted octanol–water partition coefficient (Wildman–Crippen LogP) is 2.99. The van der Waals surface area contributed by atoms with E-state index in [1.807, 2.05) is 31.3 Å². The van der Waals surface area contributed by atoms with Gasteiger partial charge in [0.2, 0.25) is 0 Å². The fraction of sp³-hybridized carbons (Fsp3) is 0.267. The van der Waals surface area contributed by atoms with Crippen LogP contribution in [0.3, 0.4) is 0 Å². The average Bonchev–Trinajstić information content (AvgIpc) is 2.34. The Morgan fingerprint density at radius 2 is 2.00 bits per heavy atom. The minimum absolute atomic E-state index is 0.620. The number of ether oxygens (including phenoxy) is 1. The lowest BCUT2D eigenvalue weighted by Crippen LogP contribution is -2.03. The minimum atomic E-state index is 0.620. The van der Waals surface area contributed by atoms with Crippen LogP contribution in [0.2, 0.25) is 0 Å². The zero-order valence-corrected chi connectivity index (χ0v) is 10.8. The maximum Gasteiger partial charge on any atom is 0.145 e. The molecule has 0 aliphatic carbocycles. The van der Waals surface area contributed by atoms with Crippen LogP contribution < -0.4 is 10.5 Å². The van der Waals surface area contributed by atoms with Crippen molar-refractivity contribution in [2.75, 3.05) is 6.54 Å². The highest BCUT2D eigenvalue weighted by Crippen LogP contribution is 2.25. The van der Waals surface area contributed by atoms with Crippen LogP contribution in [0, 0.1) is 13.8 Å². The fourth-order valence-corrected chi connectivity index (χ4v) is 1.86. The van der Waals surface area contributed by atoms with Gasteiger partial charge in [-0.15, -0.1) is 0 Å². The highest BCUT2D eigenvalue weighted by molar-refractivity contribution is 5.39. The third-order valence-corrected chi connectivity index (χ3v) is 2.76. The Kier molecular flexibility index (Phi) is 3.95. The van der Waals surface area contributed by atoms with Crippen LogP contribution >= 0.6 is 0 Å². The zero-order valence-electron chi connectivity index (χ0n) is 10.8. The molecule has 0 unspecified atom stereocenters. The summed E-state index contributed by atoms with van der Waals surface area (Å²) >= 11 is 0. The molecule has 0 atom stereocenters. The molecule has 0 saturated carbocycles. The van der Waals surface area contributed by atoms with E-state index in [1.165, 1.54) is 5.56 Å². The number of benzene rings is 1. The molecule has 0 spiro atoms. The van der Waals surface area contributed by atoms with Crippen LogP contribution in [0.25, 0.3) is 0 Å². The van der Waals surface area contributed by atoms with Gasteiger partial charge in [-0.1, -0.05) is 17.7 Å². The number of hydrogen-bond donors (Lipinski definition) is 1. The van der Waals surface area contributed by atoms with Crippen molar-refractivity contribution in [1.82, 2.24) is 4.98 Å². The quantitative estimate of drug-likeness (QED) is 0.896. The summed E-state index contributed by atoms with van der Waals surface area (Å²) in [7, 11) is 0. The number of hydrogen-bond acceptors (Lipinski definition) is 3. The van der Waals surface area contributed by atoms with Crippen molar-refractivity contribution in [2.45, 2.75) is 20.3 Å². The molecule has 3 heteroatoms. The molecule has 2 N–H and O–H groups in total. The van der Waals surface area contributed by atoms with Crippen LogP contribution in [0.5, 0.6) is 11.5 Å². The molecule has 3 nitrogen and oxygen atoms in total. The molecule has 0 aliphatic rings. The average molecular weight is 242 g/mol. The van der Waals surface area contributed by atoms with Crippen molar-refractivity contribution in [2.24, 2.45) is 5.73 Å². The molecule has 2 rings (SSSR count). The second kappa shape index (κ2) is 5.65. The summed E-state index contributed by atoms with van der Waals surface area (Å²) in [5.41, 5.74) is 8.99. The van der Waals surface area contributed by atoms with Gasteiger partial charge in [0.25, 0.3) is 0 Å². The van der Waals surface area contributed by atoms with E-state index in [9.17, 15) is 0 Å². The summed E-state index contributed by atoms with van der Waals surface area (Å²) in [5, 5.41) is 0. The van der Waals surface area contributed by atoms with E-state index in [4.69, 9.17) is 10.5 Å². The van der Waals surface area contributed by atoms with Crippen LogP contribution in [-0.2, 0) is 6.42 Å². The number of pyridine rings is 1. The maximum atomic E-state index is 5.85. The Bertz CT molecular complexity index is 538. The lowest BCUT2D eigenvalue weighted by Gasteiger charge is -2.10. The van der Waals surface area contributed by atoms with Crippen LogP contribution in [0.15, 0.2) is 36.7 Å². The first-order valence-electron chi connectivity index (χ1n) is 6.08. The second-order valence-electron chi connectivity index (χ2n) is 4.44. The molecular formula is C15H18N2O. The monoisotopic (exact) mass is 242 g/mol. The number of nitrogens with two attached hydrogens (primary N) is 1. The molecule has 0 aliphatic heterocycles. The van der Waals surface area contributed by atoms with Gasteiger partial charge >= 0.3 is 0 Å². The topological polar surface area (TPSA) is 48.1 Å². The molecule has 0 amide bonds. The van der Waals surface area contributed by atoms with Gasteiger partial charge < -0.3 is 10.5 Å². The number of nitrogens with zero attached hydrogens (tertiary/aromatic N) is 1. The van der Waals surface area contributed by atoms with E-state index in [0.29, 0.717) is 6.54 Å². The van der Waals surface area contributed by atoms with Crippen LogP contribution in [0.1, 0.15) is 16.7 Å². The van der Waals surface area contributed by atoms with Crippen molar-refractivity contribution >= 4 is 0 Å². The summed E-state index contributed by atoms with van der Waals surface area (Å²) in [4.78, 5) is 4.17. The number of rotatable bonds is 4. The third-order valence-electron chi connectivity index (χ3n) is 2.76. The van der Waals surface area contributed by atoms with E-state index in [2.05, 4.69) is 18.0 Å². The highest BCUT2D eigenvalue weighted by Gasteiger charge is 2.03. The maximum absolute atomic E-state index is 5.85. The molecule has 0 bridgehead atoms. The van der Waals surface area contributed by atoms with Crippen molar-refractivity contribution in [3.05, 3.63) is 53.3 Å². The normalized spacial score (nSPS) is 10.4. The van der Waals surface area contributed by atoms with Gasteiger partial charge in [-0.05, 0) is 50.1 Å². The second-order valence-corrected chi connectivity index (χ2v) is 4.44. The molecule has 1 heterocycles. The van der Waals surface area contributed by atoms with Crippen molar-refractivity contribution in [3.63, 3.8) is 0 Å². The summed E-state index contributed by atoms with van der Waals surface area (Å²) in [5.74, 6) is 1.63. The molecular weight excluding hydrogens is 224 g/mol. The minimum Gasteiger partial charge on any atom is -0.455 e.